The van der Waals surface area contributed by atoms with Crippen LogP contribution in [0.1, 0.15) is 18.4 Å². The summed E-state index contributed by atoms with van der Waals surface area (Å²) in [5.74, 6) is -0.611. The summed E-state index contributed by atoms with van der Waals surface area (Å²) >= 11 is 6.30. The summed E-state index contributed by atoms with van der Waals surface area (Å²) in [6.07, 6.45) is 1.99. The second-order valence-corrected chi connectivity index (χ2v) is 6.28. The number of ether oxygens (including phenoxy) is 1. The molecule has 0 unspecified atom stereocenters. The van der Waals surface area contributed by atoms with E-state index in [0.717, 1.165) is 12.8 Å². The number of allylic oxidation sites excluding steroid dienone is 1. The lowest BCUT2D eigenvalue weighted by Crippen LogP contribution is -2.28. The van der Waals surface area contributed by atoms with Crippen LogP contribution in [0, 0.1) is 11.7 Å². The second-order valence-electron chi connectivity index (χ2n) is 5.90. The number of benzene rings is 1. The molecular formula is C18H21ClFN3O2. The Morgan fingerprint density at radius 1 is 1.52 bits per heavy atom. The zero-order valence-electron chi connectivity index (χ0n) is 14.3. The molecule has 0 radical (unpaired) electrons. The van der Waals surface area contributed by atoms with Gasteiger partial charge in [-0.15, -0.1) is 0 Å². The van der Waals surface area contributed by atoms with Gasteiger partial charge in [-0.05, 0) is 30.5 Å². The maximum Gasteiger partial charge on any atom is 0.358 e. The first-order valence-corrected chi connectivity index (χ1v) is 8.18. The standard InChI is InChI=1S/C18H21ClFN3O2/c1-11(13-7-8-13)22-16(18(24)25-3)15(19)17(21)23(2)10-12-5-4-6-14(20)9-12/h4-6,9,13H,1,7-8,10,21H2,2-3H3/b17-15-,22-16+. The van der Waals surface area contributed by atoms with Crippen LogP contribution < -0.4 is 5.73 Å². The van der Waals surface area contributed by atoms with Gasteiger partial charge in [0.15, 0.2) is 5.71 Å². The maximum absolute atomic E-state index is 13.3. The molecule has 2 rings (SSSR count). The number of hydrogen-bond acceptors (Lipinski definition) is 5. The van der Waals surface area contributed by atoms with Gasteiger partial charge in [0.1, 0.15) is 16.7 Å². The molecule has 1 aliphatic rings. The van der Waals surface area contributed by atoms with Crippen molar-refractivity contribution in [3.05, 3.63) is 58.8 Å². The molecule has 1 aromatic carbocycles. The zero-order valence-corrected chi connectivity index (χ0v) is 15.0. The van der Waals surface area contributed by atoms with Gasteiger partial charge in [0.25, 0.3) is 0 Å². The van der Waals surface area contributed by atoms with Crippen molar-refractivity contribution in [3.8, 4) is 0 Å². The molecule has 0 saturated heterocycles. The number of esters is 1. The molecule has 5 nitrogen and oxygen atoms in total. The Kier molecular flexibility index (Phi) is 6.20. The number of rotatable bonds is 7. The lowest BCUT2D eigenvalue weighted by molar-refractivity contribution is -0.132. The first-order valence-electron chi connectivity index (χ1n) is 7.80. The largest absolute Gasteiger partial charge is 0.464 e. The van der Waals surface area contributed by atoms with Crippen molar-refractivity contribution in [2.75, 3.05) is 14.2 Å². The van der Waals surface area contributed by atoms with Gasteiger partial charge in [-0.25, -0.2) is 14.2 Å². The Hall–Kier alpha value is -2.34. The molecule has 0 aliphatic heterocycles. The highest BCUT2D eigenvalue weighted by Crippen LogP contribution is 2.36. The van der Waals surface area contributed by atoms with Crippen molar-refractivity contribution < 1.29 is 13.9 Å². The number of halogens is 2. The van der Waals surface area contributed by atoms with Crippen molar-refractivity contribution in [3.63, 3.8) is 0 Å². The molecule has 1 fully saturated rings. The Morgan fingerprint density at radius 2 is 2.20 bits per heavy atom. The molecular weight excluding hydrogens is 345 g/mol. The van der Waals surface area contributed by atoms with Crippen LogP contribution >= 0.6 is 11.6 Å². The lowest BCUT2D eigenvalue weighted by atomic mass is 10.2. The van der Waals surface area contributed by atoms with Crippen LogP contribution in [0.15, 0.2) is 52.4 Å². The Labute approximate surface area is 151 Å². The highest BCUT2D eigenvalue weighted by Gasteiger charge is 2.27. The minimum Gasteiger partial charge on any atom is -0.464 e. The van der Waals surface area contributed by atoms with Crippen molar-refractivity contribution in [1.82, 2.24) is 4.90 Å². The molecule has 2 N–H and O–H groups in total. The number of nitrogens with two attached hydrogens (primary N) is 1. The van der Waals surface area contributed by atoms with Gasteiger partial charge in [-0.2, -0.15) is 0 Å². The number of carbonyl (C=O) groups is 1. The van der Waals surface area contributed by atoms with Crippen LogP contribution in [0.5, 0.6) is 0 Å². The molecule has 1 saturated carbocycles. The SMILES string of the molecule is C=C(/N=C(C(=O)OC)\C(Cl)=C(/N)N(C)Cc1cccc(F)c1)C1CC1. The second kappa shape index (κ2) is 8.16. The minimum atomic E-state index is -0.686. The fourth-order valence-electron chi connectivity index (χ4n) is 2.22. The fraction of sp³-hybridized carbons (Fsp3) is 0.333. The third kappa shape index (κ3) is 5.06. The number of nitrogens with zero attached hydrogens (tertiary/aromatic N) is 2. The van der Waals surface area contributed by atoms with Crippen LogP contribution in [0.2, 0.25) is 0 Å². The van der Waals surface area contributed by atoms with Crippen LogP contribution in [0.25, 0.3) is 0 Å². The minimum absolute atomic E-state index is 0.0208. The summed E-state index contributed by atoms with van der Waals surface area (Å²) in [5.41, 5.74) is 7.29. The van der Waals surface area contributed by atoms with E-state index in [0.29, 0.717) is 17.8 Å². The van der Waals surface area contributed by atoms with Gasteiger partial charge in [-0.3, -0.25) is 0 Å². The number of aliphatic imine (C=N–C) groups is 1. The number of carbonyl (C=O) groups excluding carboxylic acids is 1. The Morgan fingerprint density at radius 3 is 2.76 bits per heavy atom. The quantitative estimate of drug-likeness (QED) is 0.595. The summed E-state index contributed by atoms with van der Waals surface area (Å²) in [4.78, 5) is 17.9. The van der Waals surface area contributed by atoms with E-state index in [2.05, 4.69) is 11.6 Å². The number of hydrogen-bond donors (Lipinski definition) is 1. The van der Waals surface area contributed by atoms with Crippen molar-refractivity contribution in [1.29, 1.82) is 0 Å². The predicted octanol–water partition coefficient (Wildman–Crippen LogP) is 3.16. The molecule has 0 spiro atoms. The van der Waals surface area contributed by atoms with Crippen molar-refractivity contribution in [2.45, 2.75) is 19.4 Å². The van der Waals surface area contributed by atoms with Gasteiger partial charge in [0.2, 0.25) is 0 Å². The monoisotopic (exact) mass is 365 g/mol. The van der Waals surface area contributed by atoms with E-state index in [1.54, 1.807) is 24.1 Å². The van der Waals surface area contributed by atoms with Crippen LogP contribution in [0.4, 0.5) is 4.39 Å². The van der Waals surface area contributed by atoms with E-state index in [9.17, 15) is 9.18 Å². The first kappa shape index (κ1) is 19.0. The molecule has 0 bridgehead atoms. The van der Waals surface area contributed by atoms with E-state index in [4.69, 9.17) is 22.1 Å². The van der Waals surface area contributed by atoms with Crippen LogP contribution in [-0.4, -0.2) is 30.7 Å². The van der Waals surface area contributed by atoms with Crippen LogP contribution in [-0.2, 0) is 16.1 Å². The average molecular weight is 366 g/mol. The Bertz CT molecular complexity index is 742. The summed E-state index contributed by atoms with van der Waals surface area (Å²) < 4.78 is 18.0. The molecule has 0 amide bonds. The van der Waals surface area contributed by atoms with E-state index in [1.165, 1.54) is 19.2 Å². The molecule has 1 aliphatic carbocycles. The van der Waals surface area contributed by atoms with Crippen molar-refractivity contribution in [2.24, 2.45) is 16.6 Å². The molecule has 1 aromatic rings. The summed E-state index contributed by atoms with van der Waals surface area (Å²) in [6, 6.07) is 6.15. The normalized spacial score (nSPS) is 15.4. The highest BCUT2D eigenvalue weighted by atomic mass is 35.5. The van der Waals surface area contributed by atoms with E-state index in [-0.39, 0.29) is 28.3 Å². The smallest absolute Gasteiger partial charge is 0.358 e. The predicted molar refractivity (Wildman–Crippen MR) is 96.2 cm³/mol. The molecule has 0 heterocycles. The van der Waals surface area contributed by atoms with Gasteiger partial charge in [-0.1, -0.05) is 30.3 Å². The third-order valence-corrected chi connectivity index (χ3v) is 4.21. The fourth-order valence-corrected chi connectivity index (χ4v) is 2.48. The lowest BCUT2D eigenvalue weighted by Gasteiger charge is -2.21. The third-order valence-electron chi connectivity index (χ3n) is 3.84. The van der Waals surface area contributed by atoms with E-state index < -0.39 is 5.97 Å². The summed E-state index contributed by atoms with van der Waals surface area (Å²) in [5, 5.41) is -0.0208. The average Bonchev–Trinajstić information content (AvgIpc) is 3.42. The van der Waals surface area contributed by atoms with Gasteiger partial charge < -0.3 is 15.4 Å². The zero-order chi connectivity index (χ0) is 18.6. The van der Waals surface area contributed by atoms with Crippen molar-refractivity contribution >= 4 is 23.3 Å². The molecule has 25 heavy (non-hydrogen) atoms. The Balaban J connectivity index is 2.25. The highest BCUT2D eigenvalue weighted by molar-refractivity contribution is 6.58. The summed E-state index contributed by atoms with van der Waals surface area (Å²) in [7, 11) is 2.93. The molecule has 0 aromatic heterocycles. The van der Waals surface area contributed by atoms with Gasteiger partial charge >= 0.3 is 5.97 Å². The molecule has 134 valence electrons. The maximum atomic E-state index is 13.3. The van der Waals surface area contributed by atoms with Gasteiger partial charge in [0.05, 0.1) is 7.11 Å². The van der Waals surface area contributed by atoms with Crippen LogP contribution in [0.3, 0.4) is 0 Å². The number of methoxy groups -OCH3 is 1. The first-order chi connectivity index (χ1) is 11.8. The molecule has 0 atom stereocenters. The topological polar surface area (TPSA) is 67.9 Å². The van der Waals surface area contributed by atoms with Gasteiger partial charge in [0, 0.05) is 25.2 Å². The van der Waals surface area contributed by atoms with E-state index >= 15 is 0 Å². The molecule has 7 heteroatoms. The summed E-state index contributed by atoms with van der Waals surface area (Å²) in [6.45, 7) is 4.18. The van der Waals surface area contributed by atoms with E-state index in [1.807, 2.05) is 0 Å².